The van der Waals surface area contributed by atoms with Gasteiger partial charge in [0.05, 0.1) is 18.7 Å². The summed E-state index contributed by atoms with van der Waals surface area (Å²) in [6.45, 7) is 0. The molecule has 0 amide bonds. The van der Waals surface area contributed by atoms with Crippen LogP contribution in [-0.2, 0) is 0 Å². The van der Waals surface area contributed by atoms with E-state index in [0.29, 0.717) is 5.88 Å². The molecule has 11 heavy (non-hydrogen) atoms. The summed E-state index contributed by atoms with van der Waals surface area (Å²) in [6, 6.07) is 7.75. The number of hydrogen-bond donors (Lipinski definition) is 2. The number of rotatable bonds is 3. The van der Waals surface area contributed by atoms with Crippen LogP contribution in [0.4, 0.5) is 5.69 Å². The zero-order valence-electron chi connectivity index (χ0n) is 6.37. The predicted molar refractivity (Wildman–Crippen MR) is 50.5 cm³/mol. The van der Waals surface area contributed by atoms with E-state index in [4.69, 9.17) is 4.74 Å². The smallest absolute Gasteiger partial charge is 0.141 e. The van der Waals surface area contributed by atoms with E-state index >= 15 is 0 Å². The van der Waals surface area contributed by atoms with Gasteiger partial charge < -0.3 is 10.1 Å². The molecule has 1 aromatic carbocycles. The van der Waals surface area contributed by atoms with Crippen LogP contribution in [0.2, 0.25) is 0 Å². The van der Waals surface area contributed by atoms with Crippen molar-refractivity contribution in [3.8, 4) is 5.75 Å². The van der Waals surface area contributed by atoms with Crippen molar-refractivity contribution in [2.45, 2.75) is 0 Å². The fourth-order valence-corrected chi connectivity index (χ4v) is 1.05. The van der Waals surface area contributed by atoms with Crippen LogP contribution >= 0.6 is 12.6 Å². The minimum absolute atomic E-state index is 0.611. The Kier molecular flexibility index (Phi) is 3.11. The Morgan fingerprint density at radius 2 is 2.18 bits per heavy atom. The Hall–Kier alpha value is -0.830. The number of methoxy groups -OCH3 is 1. The van der Waals surface area contributed by atoms with Gasteiger partial charge in [-0.15, -0.1) is 0 Å². The first kappa shape index (κ1) is 8.27. The second kappa shape index (κ2) is 4.13. The third-order valence-corrected chi connectivity index (χ3v) is 1.53. The number of ether oxygens (including phenoxy) is 1. The molecule has 2 nitrogen and oxygen atoms in total. The summed E-state index contributed by atoms with van der Waals surface area (Å²) in [5.74, 6) is 1.46. The van der Waals surface area contributed by atoms with Crippen molar-refractivity contribution in [1.29, 1.82) is 0 Å². The van der Waals surface area contributed by atoms with Gasteiger partial charge in [-0.3, -0.25) is 0 Å². The Morgan fingerprint density at radius 3 is 2.82 bits per heavy atom. The second-order valence-corrected chi connectivity index (χ2v) is 2.35. The molecule has 1 aromatic rings. The molecule has 60 valence electrons. The largest absolute Gasteiger partial charge is 0.495 e. The van der Waals surface area contributed by atoms with Crippen LogP contribution < -0.4 is 10.1 Å². The van der Waals surface area contributed by atoms with E-state index in [9.17, 15) is 0 Å². The maximum Gasteiger partial charge on any atom is 0.141 e. The van der Waals surface area contributed by atoms with Crippen LogP contribution in [0.1, 0.15) is 0 Å². The van der Waals surface area contributed by atoms with E-state index in [1.54, 1.807) is 7.11 Å². The summed E-state index contributed by atoms with van der Waals surface area (Å²) in [5, 5.41) is 3.07. The summed E-state index contributed by atoms with van der Waals surface area (Å²) >= 11 is 4.05. The fourth-order valence-electron chi connectivity index (χ4n) is 0.876. The molecule has 1 N–H and O–H groups in total. The minimum Gasteiger partial charge on any atom is -0.495 e. The molecule has 0 saturated carbocycles. The van der Waals surface area contributed by atoms with E-state index in [-0.39, 0.29) is 0 Å². The average molecular weight is 169 g/mol. The van der Waals surface area contributed by atoms with Crippen molar-refractivity contribution in [2.24, 2.45) is 0 Å². The van der Waals surface area contributed by atoms with Crippen molar-refractivity contribution in [3.63, 3.8) is 0 Å². The third-order valence-electron chi connectivity index (χ3n) is 1.38. The highest BCUT2D eigenvalue weighted by Crippen LogP contribution is 2.22. The highest BCUT2D eigenvalue weighted by molar-refractivity contribution is 7.80. The molecule has 0 aliphatic rings. The summed E-state index contributed by atoms with van der Waals surface area (Å²) in [4.78, 5) is 0. The monoisotopic (exact) mass is 169 g/mol. The van der Waals surface area contributed by atoms with Crippen LogP contribution in [0.25, 0.3) is 0 Å². The predicted octanol–water partition coefficient (Wildman–Crippen LogP) is 1.99. The van der Waals surface area contributed by atoms with Crippen LogP contribution in [0, 0.1) is 0 Å². The first-order valence-corrected chi connectivity index (χ1v) is 3.99. The van der Waals surface area contributed by atoms with Crippen LogP contribution in [0.5, 0.6) is 5.75 Å². The van der Waals surface area contributed by atoms with E-state index in [2.05, 4.69) is 17.9 Å². The standard InChI is InChI=1S/C8H11NOS/c1-10-8-5-3-2-4-7(8)9-6-11/h2-5,9,11H,6H2,1H3. The quantitative estimate of drug-likeness (QED) is 0.533. The number of benzene rings is 1. The molecule has 0 aliphatic heterocycles. The van der Waals surface area contributed by atoms with Gasteiger partial charge in [-0.2, -0.15) is 12.6 Å². The minimum atomic E-state index is 0.611. The first-order valence-electron chi connectivity index (χ1n) is 3.36. The highest BCUT2D eigenvalue weighted by atomic mass is 32.1. The number of nitrogens with one attached hydrogen (secondary N) is 1. The highest BCUT2D eigenvalue weighted by Gasteiger charge is 1.96. The van der Waals surface area contributed by atoms with Gasteiger partial charge in [0.1, 0.15) is 5.75 Å². The molecular weight excluding hydrogens is 158 g/mol. The van der Waals surface area contributed by atoms with Gasteiger partial charge in [-0.1, -0.05) is 12.1 Å². The summed E-state index contributed by atoms with van der Waals surface area (Å²) < 4.78 is 5.10. The van der Waals surface area contributed by atoms with Gasteiger partial charge in [0.15, 0.2) is 0 Å². The molecule has 0 heterocycles. The van der Waals surface area contributed by atoms with E-state index in [1.165, 1.54) is 0 Å². The molecule has 0 unspecified atom stereocenters. The maximum absolute atomic E-state index is 5.10. The van der Waals surface area contributed by atoms with Crippen LogP contribution in [0.15, 0.2) is 24.3 Å². The molecule has 1 rings (SSSR count). The zero-order valence-corrected chi connectivity index (χ0v) is 7.27. The molecule has 3 heteroatoms. The summed E-state index contributed by atoms with van der Waals surface area (Å²) in [7, 11) is 1.65. The first-order chi connectivity index (χ1) is 5.38. The van der Waals surface area contributed by atoms with Crippen molar-refractivity contribution in [1.82, 2.24) is 0 Å². The molecular formula is C8H11NOS. The topological polar surface area (TPSA) is 21.3 Å². The molecule has 0 saturated heterocycles. The number of anilines is 1. The lowest BCUT2D eigenvalue weighted by Crippen LogP contribution is -1.96. The number of thiol groups is 1. The summed E-state index contributed by atoms with van der Waals surface area (Å²) in [5.41, 5.74) is 0.977. The van der Waals surface area contributed by atoms with Crippen LogP contribution in [-0.4, -0.2) is 13.0 Å². The molecule has 0 aliphatic carbocycles. The molecule has 0 spiro atoms. The average Bonchev–Trinajstić information content (AvgIpc) is 2.06. The molecule has 0 bridgehead atoms. The van der Waals surface area contributed by atoms with Gasteiger partial charge in [-0.25, -0.2) is 0 Å². The molecule has 0 aromatic heterocycles. The number of hydrogen-bond acceptors (Lipinski definition) is 3. The lowest BCUT2D eigenvalue weighted by atomic mass is 10.3. The maximum atomic E-state index is 5.10. The normalized spacial score (nSPS) is 9.27. The van der Waals surface area contributed by atoms with Crippen LogP contribution in [0.3, 0.4) is 0 Å². The Labute approximate surface area is 72.0 Å². The van der Waals surface area contributed by atoms with E-state index < -0.39 is 0 Å². The van der Waals surface area contributed by atoms with Gasteiger partial charge in [0.2, 0.25) is 0 Å². The Bertz CT molecular complexity index is 227. The van der Waals surface area contributed by atoms with Gasteiger partial charge in [0.25, 0.3) is 0 Å². The zero-order chi connectivity index (χ0) is 8.10. The Balaban J connectivity index is 2.83. The molecule has 0 atom stereocenters. The lowest BCUT2D eigenvalue weighted by molar-refractivity contribution is 0.416. The Morgan fingerprint density at radius 1 is 1.45 bits per heavy atom. The number of para-hydroxylation sites is 2. The summed E-state index contributed by atoms with van der Waals surface area (Å²) in [6.07, 6.45) is 0. The van der Waals surface area contributed by atoms with E-state index in [1.807, 2.05) is 24.3 Å². The molecule has 0 radical (unpaired) electrons. The SMILES string of the molecule is COc1ccccc1NCS. The van der Waals surface area contributed by atoms with Crippen molar-refractivity contribution < 1.29 is 4.74 Å². The van der Waals surface area contributed by atoms with Gasteiger partial charge in [0, 0.05) is 0 Å². The molecule has 0 fully saturated rings. The van der Waals surface area contributed by atoms with Crippen molar-refractivity contribution in [3.05, 3.63) is 24.3 Å². The fraction of sp³-hybridized carbons (Fsp3) is 0.250. The van der Waals surface area contributed by atoms with Crippen molar-refractivity contribution in [2.75, 3.05) is 18.3 Å². The lowest BCUT2D eigenvalue weighted by Gasteiger charge is -2.07. The van der Waals surface area contributed by atoms with Gasteiger partial charge >= 0.3 is 0 Å². The third kappa shape index (κ3) is 2.05. The second-order valence-electron chi connectivity index (χ2n) is 2.04. The van der Waals surface area contributed by atoms with E-state index in [0.717, 1.165) is 11.4 Å². The van der Waals surface area contributed by atoms with Gasteiger partial charge in [-0.05, 0) is 12.1 Å². The van der Waals surface area contributed by atoms with Crippen molar-refractivity contribution >= 4 is 18.3 Å².